The normalized spacial score (nSPS) is 22.7. The van der Waals surface area contributed by atoms with E-state index in [1.807, 2.05) is 48.5 Å². The van der Waals surface area contributed by atoms with E-state index < -0.39 is 0 Å². The van der Waals surface area contributed by atoms with Crippen molar-refractivity contribution in [3.8, 4) is 0 Å². The van der Waals surface area contributed by atoms with Crippen LogP contribution in [0.25, 0.3) is 0 Å². The summed E-state index contributed by atoms with van der Waals surface area (Å²) in [4.78, 5) is 36.7. The van der Waals surface area contributed by atoms with E-state index in [2.05, 4.69) is 5.32 Å². The maximum absolute atomic E-state index is 11.9. The van der Waals surface area contributed by atoms with Crippen LogP contribution in [0.1, 0.15) is 18.1 Å². The molecule has 9 heteroatoms. The van der Waals surface area contributed by atoms with Gasteiger partial charge in [-0.05, 0) is 66.6 Å². The number of carbonyl (C=O) groups is 3. The highest BCUT2D eigenvalue weighted by atomic mass is 35.5. The smallest absolute Gasteiger partial charge is 0.310 e. The largest absolute Gasteiger partial charge is 0.469 e. The molecular formula is C28H34Cl2N2O5. The lowest BCUT2D eigenvalue weighted by Crippen LogP contribution is -2.27. The number of benzene rings is 2. The summed E-state index contributed by atoms with van der Waals surface area (Å²) in [5, 5.41) is 4.67. The van der Waals surface area contributed by atoms with Crippen LogP contribution in [0.3, 0.4) is 0 Å². The second-order valence-electron chi connectivity index (χ2n) is 9.52. The van der Waals surface area contributed by atoms with Gasteiger partial charge in [0.05, 0.1) is 26.1 Å². The molecule has 1 N–H and O–H groups in total. The number of methoxy groups -OCH3 is 2. The van der Waals surface area contributed by atoms with Gasteiger partial charge in [-0.15, -0.1) is 0 Å². The predicted molar refractivity (Wildman–Crippen MR) is 143 cm³/mol. The fourth-order valence-corrected chi connectivity index (χ4v) is 5.23. The summed E-state index contributed by atoms with van der Waals surface area (Å²) in [7, 11) is 2.83. The number of nitrogens with zero attached hydrogens (tertiary/aromatic N) is 1. The molecule has 7 nitrogen and oxygen atoms in total. The quantitative estimate of drug-likeness (QED) is 0.548. The Kier molecular flexibility index (Phi) is 10.8. The number of likely N-dealkylation sites (tertiary alicyclic amines) is 1. The highest BCUT2D eigenvalue weighted by Crippen LogP contribution is 2.28. The summed E-state index contributed by atoms with van der Waals surface area (Å²) < 4.78 is 9.67. The number of rotatable bonds is 6. The third-order valence-electron chi connectivity index (χ3n) is 7.06. The standard InChI is InChI=1S/C15H18ClNO3.C13H16ClNO2/c1-10(18)17-8-12(14(9-17)15(19)20-2)7-11-3-5-13(16)6-4-11;1-17-13(16)12-8-15-7-10(12)6-9-2-4-11(14)5-3-9/h3-6,12,14H,7-9H2,1-2H3;2-5,10,12,15H,6-8H2,1H3/t12-,14-;10-,12-/m00/s1. The summed E-state index contributed by atoms with van der Waals surface area (Å²) in [5.74, 6) is -0.245. The molecule has 2 fully saturated rings. The van der Waals surface area contributed by atoms with Crippen LogP contribution in [-0.2, 0) is 36.7 Å². The fraction of sp³-hybridized carbons (Fsp3) is 0.464. The maximum atomic E-state index is 11.9. The van der Waals surface area contributed by atoms with Crippen molar-refractivity contribution in [2.75, 3.05) is 40.4 Å². The monoisotopic (exact) mass is 548 g/mol. The van der Waals surface area contributed by atoms with Gasteiger partial charge in [-0.3, -0.25) is 14.4 Å². The molecule has 200 valence electrons. The number of amides is 1. The summed E-state index contributed by atoms with van der Waals surface area (Å²) >= 11 is 11.7. The van der Waals surface area contributed by atoms with Crippen LogP contribution >= 0.6 is 23.2 Å². The minimum atomic E-state index is -0.250. The van der Waals surface area contributed by atoms with Gasteiger partial charge in [0.25, 0.3) is 0 Å². The molecule has 2 aromatic rings. The first-order chi connectivity index (χ1) is 17.7. The van der Waals surface area contributed by atoms with Gasteiger partial charge in [-0.1, -0.05) is 47.5 Å². The molecule has 0 aliphatic carbocycles. The minimum absolute atomic E-state index is 0.00231. The van der Waals surface area contributed by atoms with Crippen molar-refractivity contribution in [3.63, 3.8) is 0 Å². The molecule has 0 radical (unpaired) electrons. The van der Waals surface area contributed by atoms with Gasteiger partial charge in [0, 0.05) is 36.6 Å². The van der Waals surface area contributed by atoms with Crippen molar-refractivity contribution in [2.45, 2.75) is 19.8 Å². The second kappa shape index (κ2) is 13.8. The lowest BCUT2D eigenvalue weighted by Gasteiger charge is -2.16. The molecule has 0 unspecified atom stereocenters. The zero-order valence-corrected chi connectivity index (χ0v) is 22.9. The van der Waals surface area contributed by atoms with Gasteiger partial charge >= 0.3 is 11.9 Å². The Bertz CT molecular complexity index is 1060. The number of hydrogen-bond donors (Lipinski definition) is 1. The van der Waals surface area contributed by atoms with E-state index in [0.717, 1.165) is 30.0 Å². The van der Waals surface area contributed by atoms with Crippen LogP contribution in [0.2, 0.25) is 10.0 Å². The first-order valence-corrected chi connectivity index (χ1v) is 13.1. The van der Waals surface area contributed by atoms with Crippen molar-refractivity contribution in [1.29, 1.82) is 0 Å². The molecule has 1 amide bonds. The number of halogens is 2. The molecule has 2 heterocycles. The van der Waals surface area contributed by atoms with E-state index in [-0.39, 0.29) is 35.6 Å². The Labute approximate surface area is 228 Å². The molecule has 4 rings (SSSR count). The number of carbonyl (C=O) groups excluding carboxylic acids is 3. The van der Waals surface area contributed by atoms with E-state index in [1.165, 1.54) is 26.7 Å². The highest BCUT2D eigenvalue weighted by Gasteiger charge is 2.39. The summed E-state index contributed by atoms with van der Waals surface area (Å²) in [6, 6.07) is 15.4. The Balaban J connectivity index is 0.000000208. The average Bonchev–Trinajstić information content (AvgIpc) is 3.53. The number of esters is 2. The molecule has 0 aromatic heterocycles. The molecule has 2 aliphatic heterocycles. The van der Waals surface area contributed by atoms with Crippen LogP contribution in [0.4, 0.5) is 0 Å². The minimum Gasteiger partial charge on any atom is -0.469 e. The third-order valence-corrected chi connectivity index (χ3v) is 7.56. The second-order valence-corrected chi connectivity index (χ2v) is 10.4. The molecule has 0 spiro atoms. The van der Waals surface area contributed by atoms with Crippen molar-refractivity contribution in [2.24, 2.45) is 23.7 Å². The van der Waals surface area contributed by atoms with E-state index in [4.69, 9.17) is 32.7 Å². The molecule has 2 aliphatic rings. The Morgan fingerprint density at radius 3 is 1.76 bits per heavy atom. The summed E-state index contributed by atoms with van der Waals surface area (Å²) in [5.41, 5.74) is 2.32. The van der Waals surface area contributed by atoms with Crippen molar-refractivity contribution >= 4 is 41.0 Å². The predicted octanol–water partition coefficient (Wildman–Crippen LogP) is 4.04. The fourth-order valence-electron chi connectivity index (χ4n) is 4.97. The first kappa shape index (κ1) is 29.0. The van der Waals surface area contributed by atoms with E-state index in [9.17, 15) is 14.4 Å². The number of nitrogens with one attached hydrogen (secondary N) is 1. The molecule has 2 saturated heterocycles. The molecule has 37 heavy (non-hydrogen) atoms. The Morgan fingerprint density at radius 2 is 1.27 bits per heavy atom. The van der Waals surface area contributed by atoms with Crippen LogP contribution in [-0.4, -0.2) is 63.1 Å². The molecule has 0 saturated carbocycles. The zero-order valence-electron chi connectivity index (χ0n) is 21.4. The van der Waals surface area contributed by atoms with Crippen molar-refractivity contribution in [1.82, 2.24) is 10.2 Å². The van der Waals surface area contributed by atoms with E-state index >= 15 is 0 Å². The summed E-state index contributed by atoms with van der Waals surface area (Å²) in [6.45, 7) is 4.14. The van der Waals surface area contributed by atoms with Crippen LogP contribution in [0.5, 0.6) is 0 Å². The van der Waals surface area contributed by atoms with Gasteiger partial charge in [0.15, 0.2) is 0 Å². The van der Waals surface area contributed by atoms with Gasteiger partial charge < -0.3 is 19.7 Å². The lowest BCUT2D eigenvalue weighted by atomic mass is 9.90. The molecule has 0 bridgehead atoms. The number of ether oxygens (including phenoxy) is 2. The Morgan fingerprint density at radius 1 is 0.784 bits per heavy atom. The SMILES string of the molecule is COC(=O)[C@H]1CN(C(C)=O)C[C@@H]1Cc1ccc(Cl)cc1.COC(=O)[C@H]1CNC[C@@H]1Cc1ccc(Cl)cc1. The van der Waals surface area contributed by atoms with Crippen molar-refractivity contribution < 1.29 is 23.9 Å². The first-order valence-electron chi connectivity index (χ1n) is 12.3. The summed E-state index contributed by atoms with van der Waals surface area (Å²) in [6.07, 6.45) is 1.62. The highest BCUT2D eigenvalue weighted by molar-refractivity contribution is 6.30. The van der Waals surface area contributed by atoms with Gasteiger partial charge in [0.2, 0.25) is 5.91 Å². The van der Waals surface area contributed by atoms with Gasteiger partial charge in [0.1, 0.15) is 0 Å². The van der Waals surface area contributed by atoms with Gasteiger partial charge in [-0.2, -0.15) is 0 Å². The average molecular weight is 549 g/mol. The lowest BCUT2D eigenvalue weighted by molar-refractivity contribution is -0.147. The third kappa shape index (κ3) is 8.19. The van der Waals surface area contributed by atoms with Crippen LogP contribution < -0.4 is 5.32 Å². The molecular weight excluding hydrogens is 515 g/mol. The Hall–Kier alpha value is -2.61. The van der Waals surface area contributed by atoms with Gasteiger partial charge in [-0.25, -0.2) is 0 Å². The number of hydrogen-bond acceptors (Lipinski definition) is 6. The van der Waals surface area contributed by atoms with E-state index in [1.54, 1.807) is 4.90 Å². The topological polar surface area (TPSA) is 84.9 Å². The van der Waals surface area contributed by atoms with Crippen LogP contribution in [0.15, 0.2) is 48.5 Å². The maximum Gasteiger partial charge on any atom is 0.310 e. The van der Waals surface area contributed by atoms with Crippen LogP contribution in [0, 0.1) is 23.7 Å². The molecule has 2 aromatic carbocycles. The van der Waals surface area contributed by atoms with Crippen molar-refractivity contribution in [3.05, 3.63) is 69.7 Å². The zero-order chi connectivity index (χ0) is 26.9. The van der Waals surface area contributed by atoms with E-state index in [0.29, 0.717) is 30.6 Å². The molecule has 4 atom stereocenters.